The van der Waals surface area contributed by atoms with E-state index in [1.807, 2.05) is 31.2 Å². The Morgan fingerprint density at radius 1 is 1.00 bits per heavy atom. The van der Waals surface area contributed by atoms with E-state index in [-0.39, 0.29) is 35.1 Å². The Balaban J connectivity index is 1.57. The van der Waals surface area contributed by atoms with Gasteiger partial charge in [0, 0.05) is 31.2 Å². The molecule has 2 aliphatic heterocycles. The maximum Gasteiger partial charge on any atom is 0.269 e. The van der Waals surface area contributed by atoms with Crippen LogP contribution in [0, 0.1) is 23.0 Å². The van der Waals surface area contributed by atoms with E-state index in [9.17, 15) is 18.5 Å². The van der Waals surface area contributed by atoms with Crippen molar-refractivity contribution in [1.29, 1.82) is 0 Å². The first kappa shape index (κ1) is 21.6. The fourth-order valence-corrected chi connectivity index (χ4v) is 6.52. The Kier molecular flexibility index (Phi) is 5.42. The molecule has 0 aromatic heterocycles. The molecule has 2 aliphatic rings. The summed E-state index contributed by atoms with van der Waals surface area (Å²) in [6.07, 6.45) is 0.442. The van der Waals surface area contributed by atoms with Crippen molar-refractivity contribution < 1.29 is 18.1 Å². The number of fused-ring (bicyclic) bond motifs is 3. The largest absolute Gasteiger partial charge is 0.373 e. The number of anilines is 1. The second-order valence-corrected chi connectivity index (χ2v) is 10.5. The third-order valence-electron chi connectivity index (χ3n) is 6.65. The van der Waals surface area contributed by atoms with Gasteiger partial charge >= 0.3 is 0 Å². The molecule has 7 nitrogen and oxygen atoms in total. The molecule has 3 atom stereocenters. The van der Waals surface area contributed by atoms with Crippen LogP contribution in [0.3, 0.4) is 0 Å². The number of nitro groups is 1. The molecule has 0 amide bonds. The lowest BCUT2D eigenvalue weighted by molar-refractivity contribution is -0.384. The molecule has 33 heavy (non-hydrogen) atoms. The average molecular weight is 465 g/mol. The number of non-ortho nitro benzene ring substituents is 1. The summed E-state index contributed by atoms with van der Waals surface area (Å²) in [6, 6.07) is 20.9. The number of ether oxygens (including phenoxy) is 1. The van der Waals surface area contributed by atoms with Crippen molar-refractivity contribution in [2.24, 2.45) is 5.92 Å². The van der Waals surface area contributed by atoms with Gasteiger partial charge in [-0.05, 0) is 60.7 Å². The van der Waals surface area contributed by atoms with Crippen molar-refractivity contribution >= 4 is 21.4 Å². The first-order chi connectivity index (χ1) is 15.9. The van der Waals surface area contributed by atoms with Crippen LogP contribution in [0.4, 0.5) is 11.4 Å². The topological polar surface area (TPSA) is 89.8 Å². The van der Waals surface area contributed by atoms with E-state index in [2.05, 4.69) is 0 Å². The van der Waals surface area contributed by atoms with E-state index >= 15 is 0 Å². The fraction of sp³-hybridized carbons (Fsp3) is 0.280. The molecule has 0 aliphatic carbocycles. The zero-order chi connectivity index (χ0) is 23.2. The SMILES string of the molecule is Cc1ccc(S(=O)(=O)N2C[C@@H]3[C@@H](c4ccc([N+](=O)[O-])cc4)OCC[C@H]3c3ccccc32)cc1. The molecule has 3 aromatic rings. The Bertz CT molecular complexity index is 1290. The van der Waals surface area contributed by atoms with Gasteiger partial charge in [-0.15, -0.1) is 0 Å². The van der Waals surface area contributed by atoms with E-state index in [1.54, 1.807) is 36.4 Å². The van der Waals surface area contributed by atoms with Crippen LogP contribution >= 0.6 is 0 Å². The molecular weight excluding hydrogens is 440 g/mol. The van der Waals surface area contributed by atoms with Crippen molar-refractivity contribution in [3.05, 3.63) is 99.6 Å². The molecule has 3 aromatic carbocycles. The highest BCUT2D eigenvalue weighted by molar-refractivity contribution is 7.92. The molecule has 0 spiro atoms. The average Bonchev–Trinajstić information content (AvgIpc) is 2.83. The van der Waals surface area contributed by atoms with Crippen LogP contribution in [0.2, 0.25) is 0 Å². The second-order valence-electron chi connectivity index (χ2n) is 8.61. The Morgan fingerprint density at radius 2 is 1.70 bits per heavy atom. The minimum Gasteiger partial charge on any atom is -0.373 e. The van der Waals surface area contributed by atoms with Gasteiger partial charge in [0.25, 0.3) is 15.7 Å². The number of hydrogen-bond donors (Lipinski definition) is 0. The van der Waals surface area contributed by atoms with Crippen LogP contribution in [0.25, 0.3) is 0 Å². The summed E-state index contributed by atoms with van der Waals surface area (Å²) in [4.78, 5) is 10.9. The van der Waals surface area contributed by atoms with Crippen molar-refractivity contribution in [3.8, 4) is 0 Å². The van der Waals surface area contributed by atoms with E-state index in [1.165, 1.54) is 16.4 Å². The number of benzene rings is 3. The predicted molar refractivity (Wildman–Crippen MR) is 125 cm³/mol. The Labute approximate surface area is 192 Å². The summed E-state index contributed by atoms with van der Waals surface area (Å²) in [6.45, 7) is 2.74. The van der Waals surface area contributed by atoms with E-state index in [0.29, 0.717) is 12.3 Å². The number of aryl methyl sites for hydroxylation is 1. The normalized spacial score (nSPS) is 22.3. The van der Waals surface area contributed by atoms with Gasteiger partial charge in [0.1, 0.15) is 0 Å². The lowest BCUT2D eigenvalue weighted by Crippen LogP contribution is -2.46. The standard InChI is InChI=1S/C25H24N2O5S/c1-17-6-12-20(13-7-17)33(30,31)26-16-23-21(22-4-2-3-5-24(22)26)14-15-32-25(23)18-8-10-19(11-9-18)27(28)29/h2-13,21,23,25H,14-16H2,1H3/t21-,23-,25+/m0/s1. The van der Waals surface area contributed by atoms with Gasteiger partial charge in [0.15, 0.2) is 0 Å². The molecule has 170 valence electrons. The van der Waals surface area contributed by atoms with Gasteiger partial charge in [0.05, 0.1) is 21.6 Å². The monoisotopic (exact) mass is 464 g/mol. The number of para-hydroxylation sites is 1. The highest BCUT2D eigenvalue weighted by atomic mass is 32.2. The molecule has 0 radical (unpaired) electrons. The lowest BCUT2D eigenvalue weighted by Gasteiger charge is -2.46. The van der Waals surface area contributed by atoms with E-state index in [0.717, 1.165) is 23.1 Å². The molecule has 0 bridgehead atoms. The van der Waals surface area contributed by atoms with E-state index in [4.69, 9.17) is 4.74 Å². The number of hydrogen-bond acceptors (Lipinski definition) is 5. The third-order valence-corrected chi connectivity index (χ3v) is 8.45. The van der Waals surface area contributed by atoms with Crippen LogP contribution in [0.1, 0.15) is 35.1 Å². The molecule has 2 heterocycles. The quantitative estimate of drug-likeness (QED) is 0.402. The Hall–Kier alpha value is -3.23. The summed E-state index contributed by atoms with van der Waals surface area (Å²) in [5, 5.41) is 11.1. The highest BCUT2D eigenvalue weighted by Gasteiger charge is 2.44. The Morgan fingerprint density at radius 3 is 2.39 bits per heavy atom. The van der Waals surface area contributed by atoms with Crippen LogP contribution in [-0.2, 0) is 14.8 Å². The number of sulfonamides is 1. The van der Waals surface area contributed by atoms with Crippen LogP contribution in [-0.4, -0.2) is 26.5 Å². The van der Waals surface area contributed by atoms with Crippen molar-refractivity contribution in [3.63, 3.8) is 0 Å². The van der Waals surface area contributed by atoms with Gasteiger partial charge in [-0.3, -0.25) is 14.4 Å². The lowest BCUT2D eigenvalue weighted by atomic mass is 9.74. The molecule has 1 saturated heterocycles. The summed E-state index contributed by atoms with van der Waals surface area (Å²) >= 11 is 0. The number of nitrogens with zero attached hydrogens (tertiary/aromatic N) is 2. The maximum absolute atomic E-state index is 13.7. The van der Waals surface area contributed by atoms with Crippen molar-refractivity contribution in [1.82, 2.24) is 0 Å². The molecule has 8 heteroatoms. The number of rotatable bonds is 4. The van der Waals surface area contributed by atoms with Crippen LogP contribution in [0.5, 0.6) is 0 Å². The third kappa shape index (κ3) is 3.79. The predicted octanol–water partition coefficient (Wildman–Crippen LogP) is 4.97. The van der Waals surface area contributed by atoms with Gasteiger partial charge in [-0.1, -0.05) is 35.9 Å². The zero-order valence-corrected chi connectivity index (χ0v) is 18.9. The van der Waals surface area contributed by atoms with Crippen LogP contribution in [0.15, 0.2) is 77.7 Å². The first-order valence-corrected chi connectivity index (χ1v) is 12.3. The van der Waals surface area contributed by atoms with E-state index < -0.39 is 14.9 Å². The smallest absolute Gasteiger partial charge is 0.269 e. The van der Waals surface area contributed by atoms with Gasteiger partial charge in [-0.2, -0.15) is 0 Å². The maximum atomic E-state index is 13.7. The molecule has 0 saturated carbocycles. The summed E-state index contributed by atoms with van der Waals surface area (Å²) in [5.41, 5.74) is 3.54. The minimum absolute atomic E-state index is 0.0173. The summed E-state index contributed by atoms with van der Waals surface area (Å²) in [5.74, 6) is 0.0231. The second kappa shape index (κ2) is 8.28. The summed E-state index contributed by atoms with van der Waals surface area (Å²) < 4.78 is 35.1. The van der Waals surface area contributed by atoms with Gasteiger partial charge < -0.3 is 4.74 Å². The molecule has 0 unspecified atom stereocenters. The molecular formula is C25H24N2O5S. The number of nitro benzene ring substituents is 1. The van der Waals surface area contributed by atoms with Crippen molar-refractivity contribution in [2.75, 3.05) is 17.5 Å². The molecule has 0 N–H and O–H groups in total. The molecule has 1 fully saturated rings. The fourth-order valence-electron chi connectivity index (χ4n) is 4.99. The minimum atomic E-state index is -3.78. The molecule has 5 rings (SSSR count). The zero-order valence-electron chi connectivity index (χ0n) is 18.1. The van der Waals surface area contributed by atoms with Crippen molar-refractivity contribution in [2.45, 2.75) is 30.3 Å². The van der Waals surface area contributed by atoms with Gasteiger partial charge in [-0.25, -0.2) is 8.42 Å². The van der Waals surface area contributed by atoms with Gasteiger partial charge in [0.2, 0.25) is 0 Å². The highest BCUT2D eigenvalue weighted by Crippen LogP contribution is 2.50. The first-order valence-electron chi connectivity index (χ1n) is 10.9. The van der Waals surface area contributed by atoms with Crippen LogP contribution < -0.4 is 4.31 Å². The summed E-state index contributed by atoms with van der Waals surface area (Å²) in [7, 11) is -3.78.